The molecule has 11 heavy (non-hydrogen) atoms. The van der Waals surface area contributed by atoms with Crippen molar-refractivity contribution in [1.29, 1.82) is 0 Å². The molecule has 0 heterocycles. The molecule has 0 amide bonds. The van der Waals surface area contributed by atoms with Gasteiger partial charge in [0.05, 0.1) is 6.54 Å². The Balaban J connectivity index is 3.16. The Hall–Kier alpha value is -0.400. The maximum atomic E-state index is 12.6. The van der Waals surface area contributed by atoms with E-state index in [9.17, 15) is 9.18 Å². The third-order valence-electron chi connectivity index (χ3n) is 1.27. The number of rotatable bonds is 6. The molecule has 1 unspecified atom stereocenters. The summed E-state index contributed by atoms with van der Waals surface area (Å²) in [5.41, 5.74) is 0. The van der Waals surface area contributed by atoms with Gasteiger partial charge >= 0.3 is 0 Å². The van der Waals surface area contributed by atoms with Gasteiger partial charge in [0, 0.05) is 5.88 Å². The molecule has 2 nitrogen and oxygen atoms in total. The Kier molecular flexibility index (Phi) is 7.42. The topological polar surface area (TPSA) is 29.4 Å². The van der Waals surface area contributed by atoms with E-state index in [2.05, 4.69) is 4.99 Å². The average molecular weight is 180 g/mol. The van der Waals surface area contributed by atoms with Crippen molar-refractivity contribution in [2.45, 2.75) is 25.4 Å². The van der Waals surface area contributed by atoms with Crippen LogP contribution in [0.1, 0.15) is 19.3 Å². The highest BCUT2D eigenvalue weighted by atomic mass is 35.5. The van der Waals surface area contributed by atoms with Crippen LogP contribution in [0.3, 0.4) is 0 Å². The van der Waals surface area contributed by atoms with Crippen molar-refractivity contribution in [1.82, 2.24) is 0 Å². The predicted octanol–water partition coefficient (Wildman–Crippen LogP) is 2.07. The largest absolute Gasteiger partial charge is 0.247 e. The van der Waals surface area contributed by atoms with E-state index in [0.717, 1.165) is 0 Å². The average Bonchev–Trinajstić information content (AvgIpc) is 1.99. The molecule has 0 rings (SSSR count). The first-order valence-corrected chi connectivity index (χ1v) is 4.08. The van der Waals surface area contributed by atoms with Gasteiger partial charge in [0.25, 0.3) is 0 Å². The minimum absolute atomic E-state index is 0.345. The molecule has 0 aromatic heterocycles. The van der Waals surface area contributed by atoms with Gasteiger partial charge in [-0.3, -0.25) is 0 Å². The van der Waals surface area contributed by atoms with Crippen molar-refractivity contribution >= 4 is 17.7 Å². The summed E-state index contributed by atoms with van der Waals surface area (Å²) in [6.45, 7) is 0.367. The van der Waals surface area contributed by atoms with E-state index in [1.54, 1.807) is 0 Å². The summed E-state index contributed by atoms with van der Waals surface area (Å²) in [5, 5.41) is 0. The monoisotopic (exact) mass is 179 g/mol. The lowest BCUT2D eigenvalue weighted by Crippen LogP contribution is -2.01. The molecule has 0 saturated heterocycles. The second-order valence-electron chi connectivity index (χ2n) is 2.19. The Morgan fingerprint density at radius 3 is 2.82 bits per heavy atom. The molecule has 4 heteroatoms. The predicted molar refractivity (Wildman–Crippen MR) is 42.5 cm³/mol. The molecule has 1 atom stereocenters. The second kappa shape index (κ2) is 7.70. The van der Waals surface area contributed by atoms with Crippen LogP contribution in [0.15, 0.2) is 4.99 Å². The summed E-state index contributed by atoms with van der Waals surface area (Å²) in [5.74, 6) is 0.345. The summed E-state index contributed by atoms with van der Waals surface area (Å²) < 4.78 is 12.6. The van der Waals surface area contributed by atoms with Crippen molar-refractivity contribution in [2.24, 2.45) is 4.99 Å². The Morgan fingerprint density at radius 2 is 2.27 bits per heavy atom. The van der Waals surface area contributed by atoms with Crippen molar-refractivity contribution < 1.29 is 9.18 Å². The molecule has 0 aromatic carbocycles. The fraction of sp³-hybridized carbons (Fsp3) is 0.857. The number of hydrogen-bond acceptors (Lipinski definition) is 2. The van der Waals surface area contributed by atoms with Gasteiger partial charge in [-0.1, -0.05) is 0 Å². The number of hydrogen-bond donors (Lipinski definition) is 0. The highest BCUT2D eigenvalue weighted by Gasteiger charge is 2.03. The van der Waals surface area contributed by atoms with Crippen LogP contribution in [-0.4, -0.2) is 24.7 Å². The van der Waals surface area contributed by atoms with Crippen LogP contribution in [0.5, 0.6) is 0 Å². The Labute approximate surface area is 70.5 Å². The summed E-state index contributed by atoms with van der Waals surface area (Å²) in [6.07, 6.45) is 1.95. The first kappa shape index (κ1) is 10.6. The number of halogens is 2. The molecule has 0 aliphatic carbocycles. The number of carbonyl (C=O) groups excluding carboxylic acids is 1. The van der Waals surface area contributed by atoms with Crippen LogP contribution in [0.2, 0.25) is 0 Å². The van der Waals surface area contributed by atoms with Crippen LogP contribution in [0, 0.1) is 0 Å². The fourth-order valence-corrected chi connectivity index (χ4v) is 0.937. The number of alkyl halides is 2. The van der Waals surface area contributed by atoms with Gasteiger partial charge in [0.1, 0.15) is 6.17 Å². The molecule has 0 spiro atoms. The standard InChI is InChI=1S/C7H11ClFNO/c8-4-3-7(9)2-1-5-10-6-11/h7H,1-5H2. The molecule has 0 aliphatic rings. The normalized spacial score (nSPS) is 12.2. The van der Waals surface area contributed by atoms with E-state index in [1.165, 1.54) is 6.08 Å². The minimum atomic E-state index is -0.852. The van der Waals surface area contributed by atoms with Crippen LogP contribution in [0.25, 0.3) is 0 Å². The zero-order valence-corrected chi connectivity index (χ0v) is 6.98. The van der Waals surface area contributed by atoms with E-state index in [0.29, 0.717) is 31.7 Å². The Morgan fingerprint density at radius 1 is 1.55 bits per heavy atom. The third-order valence-corrected chi connectivity index (χ3v) is 1.49. The van der Waals surface area contributed by atoms with E-state index in [1.807, 2.05) is 0 Å². The van der Waals surface area contributed by atoms with E-state index in [4.69, 9.17) is 11.6 Å². The molecule has 0 saturated carbocycles. The highest BCUT2D eigenvalue weighted by Crippen LogP contribution is 2.07. The van der Waals surface area contributed by atoms with Crippen molar-refractivity contribution in [3.63, 3.8) is 0 Å². The maximum absolute atomic E-state index is 12.6. The first-order chi connectivity index (χ1) is 5.31. The third kappa shape index (κ3) is 7.50. The molecular weight excluding hydrogens is 169 g/mol. The summed E-state index contributed by atoms with van der Waals surface area (Å²) in [4.78, 5) is 12.9. The van der Waals surface area contributed by atoms with Crippen molar-refractivity contribution in [3.8, 4) is 0 Å². The van der Waals surface area contributed by atoms with Gasteiger partial charge in [-0.2, -0.15) is 0 Å². The lowest BCUT2D eigenvalue weighted by atomic mass is 10.2. The van der Waals surface area contributed by atoms with E-state index < -0.39 is 6.17 Å². The molecule has 0 fully saturated rings. The maximum Gasteiger partial charge on any atom is 0.234 e. The van der Waals surface area contributed by atoms with Gasteiger partial charge in [0.2, 0.25) is 6.08 Å². The molecule has 0 N–H and O–H groups in total. The molecule has 0 radical (unpaired) electrons. The molecule has 0 aromatic rings. The van der Waals surface area contributed by atoms with Gasteiger partial charge in [-0.15, -0.1) is 11.6 Å². The summed E-state index contributed by atoms with van der Waals surface area (Å²) >= 11 is 5.31. The van der Waals surface area contributed by atoms with Crippen LogP contribution < -0.4 is 0 Å². The Bertz CT molecular complexity index is 136. The van der Waals surface area contributed by atoms with Gasteiger partial charge in [0.15, 0.2) is 0 Å². The molecule has 0 bridgehead atoms. The number of isocyanates is 1. The highest BCUT2D eigenvalue weighted by molar-refractivity contribution is 6.17. The quantitative estimate of drug-likeness (QED) is 0.266. The van der Waals surface area contributed by atoms with Crippen molar-refractivity contribution in [3.05, 3.63) is 0 Å². The zero-order valence-electron chi connectivity index (χ0n) is 6.22. The van der Waals surface area contributed by atoms with Gasteiger partial charge in [-0.05, 0) is 19.3 Å². The zero-order chi connectivity index (χ0) is 8.53. The number of aliphatic imine (C=N–C) groups is 1. The summed E-state index contributed by atoms with van der Waals surface area (Å²) in [7, 11) is 0. The SMILES string of the molecule is O=C=NCCCC(F)CCCl. The van der Waals surface area contributed by atoms with Crippen LogP contribution >= 0.6 is 11.6 Å². The van der Waals surface area contributed by atoms with E-state index in [-0.39, 0.29) is 0 Å². The summed E-state index contributed by atoms with van der Waals surface area (Å²) in [6, 6.07) is 0. The second-order valence-corrected chi connectivity index (χ2v) is 2.57. The minimum Gasteiger partial charge on any atom is -0.247 e. The van der Waals surface area contributed by atoms with Gasteiger partial charge < -0.3 is 0 Å². The number of nitrogens with zero attached hydrogens (tertiary/aromatic N) is 1. The lowest BCUT2D eigenvalue weighted by molar-refractivity contribution is 0.302. The molecular formula is C7H11ClFNO. The smallest absolute Gasteiger partial charge is 0.234 e. The van der Waals surface area contributed by atoms with Crippen LogP contribution in [-0.2, 0) is 4.79 Å². The van der Waals surface area contributed by atoms with Crippen molar-refractivity contribution in [2.75, 3.05) is 12.4 Å². The van der Waals surface area contributed by atoms with Crippen LogP contribution in [0.4, 0.5) is 4.39 Å². The fourth-order valence-electron chi connectivity index (χ4n) is 0.700. The lowest BCUT2D eigenvalue weighted by Gasteiger charge is -2.02. The molecule has 64 valence electrons. The first-order valence-electron chi connectivity index (χ1n) is 3.55. The molecule has 0 aliphatic heterocycles. The van der Waals surface area contributed by atoms with E-state index >= 15 is 0 Å². The van der Waals surface area contributed by atoms with Gasteiger partial charge in [-0.25, -0.2) is 14.2 Å².